The van der Waals surface area contributed by atoms with Gasteiger partial charge >= 0.3 is 0 Å². The van der Waals surface area contributed by atoms with Crippen molar-refractivity contribution in [3.63, 3.8) is 0 Å². The molecule has 0 radical (unpaired) electrons. The highest BCUT2D eigenvalue weighted by atomic mass is 32.1. The Morgan fingerprint density at radius 2 is 2.00 bits per heavy atom. The van der Waals surface area contributed by atoms with E-state index in [1.165, 1.54) is 11.3 Å². The van der Waals surface area contributed by atoms with Crippen molar-refractivity contribution in [1.29, 1.82) is 0 Å². The summed E-state index contributed by atoms with van der Waals surface area (Å²) in [5, 5.41) is 4.10. The highest BCUT2D eigenvalue weighted by Crippen LogP contribution is 2.26. The Kier molecular flexibility index (Phi) is 3.79. The van der Waals surface area contributed by atoms with Crippen LogP contribution in [0.25, 0.3) is 16.8 Å². The van der Waals surface area contributed by atoms with E-state index >= 15 is 0 Å². The third-order valence-electron chi connectivity index (χ3n) is 3.31. The molecule has 0 saturated heterocycles. The molecule has 0 saturated carbocycles. The highest BCUT2D eigenvalue weighted by molar-refractivity contribution is 7.07. The number of anilines is 1. The van der Waals surface area contributed by atoms with E-state index in [2.05, 4.69) is 4.98 Å². The van der Waals surface area contributed by atoms with Crippen molar-refractivity contribution in [3.8, 4) is 0 Å². The van der Waals surface area contributed by atoms with E-state index in [1.54, 1.807) is 29.6 Å². The van der Waals surface area contributed by atoms with Gasteiger partial charge in [-0.15, -0.1) is 11.3 Å². The van der Waals surface area contributed by atoms with Gasteiger partial charge in [-0.05, 0) is 17.5 Å². The smallest absolute Gasteiger partial charge is 0.250 e. The summed E-state index contributed by atoms with van der Waals surface area (Å²) in [6.07, 6.45) is 3.29. The summed E-state index contributed by atoms with van der Waals surface area (Å²) in [6.45, 7) is 0. The van der Waals surface area contributed by atoms with Crippen LogP contribution in [0.1, 0.15) is 5.69 Å². The first kappa shape index (κ1) is 13.5. The van der Waals surface area contributed by atoms with Crippen molar-refractivity contribution in [2.75, 3.05) is 11.9 Å². The van der Waals surface area contributed by atoms with Crippen molar-refractivity contribution in [1.82, 2.24) is 4.98 Å². The van der Waals surface area contributed by atoms with Gasteiger partial charge in [-0.25, -0.2) is 4.98 Å². The maximum absolute atomic E-state index is 12.3. The fourth-order valence-electron chi connectivity index (χ4n) is 2.19. The molecule has 0 aliphatic rings. The lowest BCUT2D eigenvalue weighted by atomic mass is 10.1. The lowest BCUT2D eigenvalue weighted by molar-refractivity contribution is -0.113. The summed E-state index contributed by atoms with van der Waals surface area (Å²) < 4.78 is 0. The molecule has 3 nitrogen and oxygen atoms in total. The Morgan fingerprint density at radius 3 is 2.81 bits per heavy atom. The van der Waals surface area contributed by atoms with E-state index in [0.717, 1.165) is 22.2 Å². The number of hydrogen-bond acceptors (Lipinski definition) is 3. The Balaban J connectivity index is 1.90. The first-order chi connectivity index (χ1) is 10.3. The summed E-state index contributed by atoms with van der Waals surface area (Å²) in [5.74, 6) is -0.0700. The molecular formula is C17H14N2OS. The number of thiazole rings is 1. The molecule has 4 heteroatoms. The van der Waals surface area contributed by atoms with Crippen molar-refractivity contribution in [2.24, 2.45) is 0 Å². The SMILES string of the molecule is CN(C(=O)/C=C\c1cscn1)c1cccc2ccccc12. The molecule has 0 bridgehead atoms. The summed E-state index contributed by atoms with van der Waals surface area (Å²) in [7, 11) is 1.79. The minimum absolute atomic E-state index is 0.0700. The predicted molar refractivity (Wildman–Crippen MR) is 88.5 cm³/mol. The molecule has 1 aromatic heterocycles. The Bertz CT molecular complexity index is 788. The molecule has 0 spiro atoms. The Hall–Kier alpha value is -2.46. The average Bonchev–Trinajstić information content (AvgIpc) is 3.05. The standard InChI is InChI=1S/C17H14N2OS/c1-19(17(20)10-9-14-11-21-12-18-14)16-8-4-6-13-5-2-3-7-15(13)16/h2-12H,1H3/b10-9-. The maximum atomic E-state index is 12.3. The van der Waals surface area contributed by atoms with Gasteiger partial charge in [0.1, 0.15) is 0 Å². The molecule has 0 atom stereocenters. The topological polar surface area (TPSA) is 33.2 Å². The molecule has 2 aromatic carbocycles. The summed E-state index contributed by atoms with van der Waals surface area (Å²) in [5.41, 5.74) is 3.46. The lowest BCUT2D eigenvalue weighted by Crippen LogP contribution is -2.24. The molecule has 0 N–H and O–H groups in total. The van der Waals surface area contributed by atoms with Crippen molar-refractivity contribution >= 4 is 39.8 Å². The number of carbonyl (C=O) groups excluding carboxylic acids is 1. The average molecular weight is 294 g/mol. The van der Waals surface area contributed by atoms with Crippen LogP contribution in [0.5, 0.6) is 0 Å². The monoisotopic (exact) mass is 294 g/mol. The van der Waals surface area contributed by atoms with E-state index in [-0.39, 0.29) is 5.91 Å². The second kappa shape index (κ2) is 5.89. The number of amides is 1. The van der Waals surface area contributed by atoms with Crippen LogP contribution < -0.4 is 4.90 Å². The second-order valence-electron chi connectivity index (χ2n) is 4.64. The van der Waals surface area contributed by atoms with E-state index in [1.807, 2.05) is 47.8 Å². The molecule has 21 heavy (non-hydrogen) atoms. The van der Waals surface area contributed by atoms with Gasteiger partial charge in [0, 0.05) is 23.9 Å². The number of nitrogens with zero attached hydrogens (tertiary/aromatic N) is 2. The number of fused-ring (bicyclic) bond motifs is 1. The summed E-state index contributed by atoms with van der Waals surface area (Å²) in [4.78, 5) is 18.1. The number of likely N-dealkylation sites (N-methyl/N-ethyl adjacent to an activating group) is 1. The largest absolute Gasteiger partial charge is 0.311 e. The number of hydrogen-bond donors (Lipinski definition) is 0. The minimum Gasteiger partial charge on any atom is -0.311 e. The third kappa shape index (κ3) is 2.85. The fourth-order valence-corrected chi connectivity index (χ4v) is 2.71. The number of benzene rings is 2. The van der Waals surface area contributed by atoms with Gasteiger partial charge in [-0.2, -0.15) is 0 Å². The molecule has 3 aromatic rings. The van der Waals surface area contributed by atoms with Gasteiger partial charge in [0.05, 0.1) is 16.9 Å². The van der Waals surface area contributed by atoms with Crippen LogP contribution in [-0.2, 0) is 4.79 Å². The molecule has 0 aliphatic carbocycles. The Morgan fingerprint density at radius 1 is 1.19 bits per heavy atom. The van der Waals surface area contributed by atoms with Gasteiger partial charge in [0.15, 0.2) is 0 Å². The molecule has 0 fully saturated rings. The van der Waals surface area contributed by atoms with Crippen molar-refractivity contribution < 1.29 is 4.79 Å². The molecule has 104 valence electrons. The van der Waals surface area contributed by atoms with Crippen LogP contribution in [-0.4, -0.2) is 17.9 Å². The van der Waals surface area contributed by atoms with Gasteiger partial charge < -0.3 is 4.90 Å². The quantitative estimate of drug-likeness (QED) is 0.685. The van der Waals surface area contributed by atoms with E-state index in [9.17, 15) is 4.79 Å². The first-order valence-corrected chi connectivity index (χ1v) is 7.52. The van der Waals surface area contributed by atoms with E-state index in [0.29, 0.717) is 0 Å². The van der Waals surface area contributed by atoms with Crippen molar-refractivity contribution in [3.05, 3.63) is 65.1 Å². The van der Waals surface area contributed by atoms with Gasteiger partial charge in [-0.3, -0.25) is 4.79 Å². The number of aromatic nitrogens is 1. The van der Waals surface area contributed by atoms with Crippen LogP contribution in [0.2, 0.25) is 0 Å². The molecular weight excluding hydrogens is 280 g/mol. The van der Waals surface area contributed by atoms with E-state index in [4.69, 9.17) is 0 Å². The van der Waals surface area contributed by atoms with Gasteiger partial charge in [0.25, 0.3) is 5.91 Å². The van der Waals surface area contributed by atoms with Crippen LogP contribution in [0.15, 0.2) is 59.4 Å². The number of rotatable bonds is 3. The summed E-state index contributed by atoms with van der Waals surface area (Å²) >= 11 is 1.51. The zero-order valence-electron chi connectivity index (χ0n) is 11.6. The lowest BCUT2D eigenvalue weighted by Gasteiger charge is -2.17. The van der Waals surface area contributed by atoms with Crippen LogP contribution in [0, 0.1) is 0 Å². The first-order valence-electron chi connectivity index (χ1n) is 6.57. The molecule has 1 amide bonds. The van der Waals surface area contributed by atoms with Gasteiger partial charge in [0.2, 0.25) is 0 Å². The maximum Gasteiger partial charge on any atom is 0.250 e. The second-order valence-corrected chi connectivity index (χ2v) is 5.36. The van der Waals surface area contributed by atoms with Gasteiger partial charge in [-0.1, -0.05) is 36.4 Å². The third-order valence-corrected chi connectivity index (χ3v) is 3.91. The molecule has 0 unspecified atom stereocenters. The normalized spacial score (nSPS) is 11.1. The number of carbonyl (C=O) groups is 1. The highest BCUT2D eigenvalue weighted by Gasteiger charge is 2.10. The summed E-state index contributed by atoms with van der Waals surface area (Å²) in [6, 6.07) is 14.0. The van der Waals surface area contributed by atoms with Crippen LogP contribution in [0.4, 0.5) is 5.69 Å². The molecule has 1 heterocycles. The zero-order chi connectivity index (χ0) is 14.7. The predicted octanol–water partition coefficient (Wildman–Crippen LogP) is 3.97. The van der Waals surface area contributed by atoms with Crippen molar-refractivity contribution in [2.45, 2.75) is 0 Å². The van der Waals surface area contributed by atoms with Crippen LogP contribution in [0.3, 0.4) is 0 Å². The fraction of sp³-hybridized carbons (Fsp3) is 0.0588. The molecule has 0 aliphatic heterocycles. The Labute approximate surface area is 127 Å². The zero-order valence-corrected chi connectivity index (χ0v) is 12.4. The minimum atomic E-state index is -0.0700. The molecule has 3 rings (SSSR count). The van der Waals surface area contributed by atoms with Crippen LogP contribution >= 0.6 is 11.3 Å². The van der Waals surface area contributed by atoms with E-state index < -0.39 is 0 Å².